The van der Waals surface area contributed by atoms with Crippen molar-refractivity contribution in [2.75, 3.05) is 32.7 Å². The monoisotopic (exact) mass is 474 g/mol. The molecule has 9 heteroatoms. The number of carbonyl (C=O) groups is 2. The Morgan fingerprint density at radius 1 is 1.00 bits per heavy atom. The highest BCUT2D eigenvalue weighted by Gasteiger charge is 2.45. The summed E-state index contributed by atoms with van der Waals surface area (Å²) in [4.78, 5) is 31.6. The topological polar surface area (TPSA) is 90.0 Å². The van der Waals surface area contributed by atoms with Gasteiger partial charge in [0.1, 0.15) is 0 Å². The predicted molar refractivity (Wildman–Crippen MR) is 125 cm³/mol. The van der Waals surface area contributed by atoms with Gasteiger partial charge >= 0.3 is 6.03 Å². The van der Waals surface area contributed by atoms with Crippen LogP contribution in [0, 0.1) is 11.8 Å². The summed E-state index contributed by atoms with van der Waals surface area (Å²) in [7, 11) is -3.41. The molecule has 8 nitrogen and oxygen atoms in total. The summed E-state index contributed by atoms with van der Waals surface area (Å²) in [6, 6.07) is 9.42. The van der Waals surface area contributed by atoms with Gasteiger partial charge in [-0.25, -0.2) is 17.9 Å². The molecular formula is C24H34N4O4S. The molecule has 33 heavy (non-hydrogen) atoms. The fourth-order valence-corrected chi connectivity index (χ4v) is 7.70. The Morgan fingerprint density at radius 2 is 1.76 bits per heavy atom. The van der Waals surface area contributed by atoms with E-state index in [4.69, 9.17) is 0 Å². The van der Waals surface area contributed by atoms with Gasteiger partial charge in [0.25, 0.3) is 0 Å². The van der Waals surface area contributed by atoms with Crippen LogP contribution in [0.4, 0.5) is 4.79 Å². The smallest absolute Gasteiger partial charge is 0.320 e. The van der Waals surface area contributed by atoms with Crippen molar-refractivity contribution in [3.05, 3.63) is 35.9 Å². The summed E-state index contributed by atoms with van der Waals surface area (Å²) in [6.45, 7) is 3.37. The van der Waals surface area contributed by atoms with Crippen LogP contribution >= 0.6 is 0 Å². The third-order valence-corrected chi connectivity index (χ3v) is 9.17. The first-order valence-electron chi connectivity index (χ1n) is 12.3. The molecule has 0 aliphatic carbocycles. The van der Waals surface area contributed by atoms with Gasteiger partial charge in [-0.15, -0.1) is 0 Å². The number of sulfonamides is 1. The second kappa shape index (κ2) is 9.25. The molecule has 3 amide bonds. The molecule has 4 aliphatic heterocycles. The van der Waals surface area contributed by atoms with E-state index < -0.39 is 10.0 Å². The number of nitrogens with zero attached hydrogens (tertiary/aromatic N) is 3. The Labute approximate surface area is 196 Å². The van der Waals surface area contributed by atoms with Gasteiger partial charge in [0.05, 0.1) is 5.75 Å². The Balaban J connectivity index is 1.13. The number of rotatable bonds is 4. The summed E-state index contributed by atoms with van der Waals surface area (Å²) in [5.74, 6) is 1.02. The summed E-state index contributed by atoms with van der Waals surface area (Å²) in [6.07, 6.45) is 5.06. The summed E-state index contributed by atoms with van der Waals surface area (Å²) in [5, 5.41) is 0. The fourth-order valence-electron chi connectivity index (χ4n) is 6.24. The van der Waals surface area contributed by atoms with Crippen molar-refractivity contribution < 1.29 is 18.0 Å². The minimum atomic E-state index is -3.41. The third-order valence-electron chi connectivity index (χ3n) is 7.76. The highest BCUT2D eigenvalue weighted by molar-refractivity contribution is 7.88. The maximum Gasteiger partial charge on any atom is 0.320 e. The second-order valence-corrected chi connectivity index (χ2v) is 11.9. The lowest BCUT2D eigenvalue weighted by atomic mass is 9.76. The van der Waals surface area contributed by atoms with Gasteiger partial charge in [-0.1, -0.05) is 30.3 Å². The van der Waals surface area contributed by atoms with Crippen molar-refractivity contribution in [1.82, 2.24) is 19.4 Å². The van der Waals surface area contributed by atoms with Crippen LogP contribution < -0.4 is 4.72 Å². The number of hydrogen-bond acceptors (Lipinski definition) is 4. The number of carbonyl (C=O) groups excluding carboxylic acids is 2. The normalized spacial score (nSPS) is 28.5. The molecule has 0 aromatic heterocycles. The minimum absolute atomic E-state index is 0.0236. The lowest BCUT2D eigenvalue weighted by molar-refractivity contribution is -0.144. The van der Waals surface area contributed by atoms with Crippen molar-refractivity contribution in [3.63, 3.8) is 0 Å². The van der Waals surface area contributed by atoms with Gasteiger partial charge in [0.15, 0.2) is 0 Å². The maximum absolute atomic E-state index is 13.3. The van der Waals surface area contributed by atoms with E-state index >= 15 is 0 Å². The highest BCUT2D eigenvalue weighted by Crippen LogP contribution is 2.38. The summed E-state index contributed by atoms with van der Waals surface area (Å²) in [5.41, 5.74) is 0.770. The van der Waals surface area contributed by atoms with Crippen LogP contribution in [0.15, 0.2) is 30.3 Å². The van der Waals surface area contributed by atoms with Crippen molar-refractivity contribution in [2.24, 2.45) is 11.8 Å². The van der Waals surface area contributed by atoms with E-state index in [0.29, 0.717) is 50.2 Å². The van der Waals surface area contributed by atoms with E-state index in [-0.39, 0.29) is 23.7 Å². The van der Waals surface area contributed by atoms with Crippen molar-refractivity contribution in [2.45, 2.75) is 56.4 Å². The first kappa shape index (κ1) is 22.7. The van der Waals surface area contributed by atoms with Crippen LogP contribution in [0.1, 0.15) is 44.1 Å². The number of nitrogens with one attached hydrogen (secondary N) is 1. The predicted octanol–water partition coefficient (Wildman–Crippen LogP) is 2.02. The van der Waals surface area contributed by atoms with Gasteiger partial charge in [0, 0.05) is 51.2 Å². The van der Waals surface area contributed by atoms with E-state index in [1.54, 1.807) is 0 Å². The lowest BCUT2D eigenvalue weighted by Gasteiger charge is -2.53. The van der Waals surface area contributed by atoms with E-state index in [2.05, 4.69) is 9.62 Å². The van der Waals surface area contributed by atoms with Crippen molar-refractivity contribution in [3.8, 4) is 0 Å². The molecule has 4 heterocycles. The molecule has 1 N–H and O–H groups in total. The quantitative estimate of drug-likeness (QED) is 0.723. The number of piperidine rings is 4. The van der Waals surface area contributed by atoms with Crippen LogP contribution in [0.2, 0.25) is 0 Å². The molecule has 4 saturated heterocycles. The zero-order valence-electron chi connectivity index (χ0n) is 19.1. The summed E-state index contributed by atoms with van der Waals surface area (Å²) < 4.78 is 27.9. The van der Waals surface area contributed by atoms with E-state index in [9.17, 15) is 18.0 Å². The molecule has 5 rings (SSSR count). The molecule has 0 radical (unpaired) electrons. The van der Waals surface area contributed by atoms with Crippen molar-refractivity contribution >= 4 is 22.0 Å². The third kappa shape index (κ3) is 5.04. The van der Waals surface area contributed by atoms with Crippen LogP contribution in [-0.4, -0.2) is 79.9 Å². The molecule has 4 aliphatic rings. The first-order valence-corrected chi connectivity index (χ1v) is 13.9. The first-order chi connectivity index (χ1) is 15.9. The molecule has 180 valence electrons. The molecule has 1 aromatic carbocycles. The van der Waals surface area contributed by atoms with Crippen molar-refractivity contribution in [1.29, 1.82) is 0 Å². The highest BCUT2D eigenvalue weighted by atomic mass is 32.2. The Hall–Kier alpha value is -2.13. The number of likely N-dealkylation sites (tertiary alicyclic amines) is 2. The van der Waals surface area contributed by atoms with Gasteiger partial charge in [-0.05, 0) is 49.5 Å². The number of amides is 3. The number of hydrogen-bond donors (Lipinski definition) is 1. The zero-order chi connectivity index (χ0) is 23.0. The Morgan fingerprint density at radius 3 is 2.52 bits per heavy atom. The van der Waals surface area contributed by atoms with Crippen LogP contribution in [0.5, 0.6) is 0 Å². The molecule has 4 fully saturated rings. The van der Waals surface area contributed by atoms with Crippen LogP contribution in [0.3, 0.4) is 0 Å². The standard InChI is InChI=1S/C24H34N4O4S/c29-23-8-4-7-22-20-13-19(15-28(22)23)14-27(16-20)24(30)26-11-9-21(10-12-26)25-33(31,32)17-18-5-2-1-3-6-18/h1-3,5-6,19-22,25H,4,7-17H2/t19-,20-,22-/m1/s1. The number of benzene rings is 1. The average Bonchev–Trinajstić information content (AvgIpc) is 2.80. The molecular weight excluding hydrogens is 440 g/mol. The van der Waals surface area contributed by atoms with Gasteiger partial charge in [-0.2, -0.15) is 0 Å². The molecule has 2 bridgehead atoms. The SMILES string of the molecule is O=C(N1CCC(NS(=O)(=O)Cc2ccccc2)CC1)N1C[C@H]2C[C@H](C1)[C@H]1CCCC(=O)N1C2. The Kier molecular flexibility index (Phi) is 6.35. The summed E-state index contributed by atoms with van der Waals surface area (Å²) >= 11 is 0. The molecule has 0 saturated carbocycles. The molecule has 1 aromatic rings. The van der Waals surface area contributed by atoms with Crippen LogP contribution in [0.25, 0.3) is 0 Å². The zero-order valence-corrected chi connectivity index (χ0v) is 19.9. The maximum atomic E-state index is 13.3. The minimum Gasteiger partial charge on any atom is -0.339 e. The lowest BCUT2D eigenvalue weighted by Crippen LogP contribution is -2.62. The molecule has 0 unspecified atom stereocenters. The Bertz CT molecular complexity index is 977. The van der Waals surface area contributed by atoms with E-state index in [1.807, 2.05) is 40.1 Å². The average molecular weight is 475 g/mol. The van der Waals surface area contributed by atoms with Gasteiger partial charge in [0.2, 0.25) is 15.9 Å². The van der Waals surface area contributed by atoms with E-state index in [0.717, 1.165) is 44.5 Å². The molecule has 3 atom stereocenters. The van der Waals surface area contributed by atoms with Gasteiger partial charge in [-0.3, -0.25) is 4.79 Å². The van der Waals surface area contributed by atoms with E-state index in [1.165, 1.54) is 0 Å². The number of urea groups is 1. The largest absolute Gasteiger partial charge is 0.339 e. The number of fused-ring (bicyclic) bond motifs is 4. The second-order valence-electron chi connectivity index (χ2n) is 10.2. The van der Waals surface area contributed by atoms with Crippen LogP contribution in [-0.2, 0) is 20.6 Å². The van der Waals surface area contributed by atoms with Gasteiger partial charge < -0.3 is 14.7 Å². The fraction of sp³-hybridized carbons (Fsp3) is 0.667. The molecule has 0 spiro atoms.